The lowest BCUT2D eigenvalue weighted by Gasteiger charge is -2.28. The Morgan fingerprint density at radius 2 is 1.90 bits per heavy atom. The summed E-state index contributed by atoms with van der Waals surface area (Å²) in [5.74, 6) is 0.318. The number of aromatic nitrogens is 2. The molecular formula is C24H28N4O. The van der Waals surface area contributed by atoms with Crippen LogP contribution in [0.4, 0.5) is 5.82 Å². The van der Waals surface area contributed by atoms with Gasteiger partial charge in [0.05, 0.1) is 18.2 Å². The van der Waals surface area contributed by atoms with Gasteiger partial charge >= 0.3 is 0 Å². The first-order valence-corrected chi connectivity index (χ1v) is 10.3. The molecule has 3 aromatic rings. The molecule has 1 amide bonds. The molecule has 0 aliphatic heterocycles. The van der Waals surface area contributed by atoms with Crippen LogP contribution in [0.3, 0.4) is 0 Å². The van der Waals surface area contributed by atoms with Crippen molar-refractivity contribution in [2.75, 3.05) is 5.32 Å². The Morgan fingerprint density at radius 1 is 1.17 bits per heavy atom. The van der Waals surface area contributed by atoms with Crippen LogP contribution in [0.5, 0.6) is 0 Å². The number of fused-ring (bicyclic) bond motifs is 1. The molecule has 0 saturated heterocycles. The molecular weight excluding hydrogens is 360 g/mol. The number of aryl methyl sites for hydroxylation is 2. The van der Waals surface area contributed by atoms with E-state index < -0.39 is 0 Å². The Kier molecular flexibility index (Phi) is 5.49. The first-order chi connectivity index (χ1) is 14.1. The van der Waals surface area contributed by atoms with E-state index in [0.717, 1.165) is 36.2 Å². The van der Waals surface area contributed by atoms with E-state index >= 15 is 0 Å². The van der Waals surface area contributed by atoms with Crippen LogP contribution in [0, 0.1) is 12.8 Å². The quantitative estimate of drug-likeness (QED) is 0.681. The molecule has 4 rings (SSSR count). The maximum atomic E-state index is 13.0. The highest BCUT2D eigenvalue weighted by Crippen LogP contribution is 2.35. The molecule has 29 heavy (non-hydrogen) atoms. The molecule has 0 radical (unpaired) electrons. The third kappa shape index (κ3) is 3.83. The fraction of sp³-hybridized carbons (Fsp3) is 0.333. The number of anilines is 1. The van der Waals surface area contributed by atoms with Crippen molar-refractivity contribution in [1.29, 1.82) is 0 Å². The van der Waals surface area contributed by atoms with Gasteiger partial charge in [-0.3, -0.25) is 4.79 Å². The van der Waals surface area contributed by atoms with Gasteiger partial charge in [0.1, 0.15) is 5.82 Å². The van der Waals surface area contributed by atoms with Gasteiger partial charge in [-0.25, -0.2) is 4.68 Å². The van der Waals surface area contributed by atoms with E-state index in [1.807, 2.05) is 55.1 Å². The maximum Gasteiger partial charge on any atom is 0.230 e. The monoisotopic (exact) mass is 388 g/mol. The smallest absolute Gasteiger partial charge is 0.230 e. The first kappa shape index (κ1) is 19.4. The predicted octanol–water partition coefficient (Wildman–Crippen LogP) is 4.39. The van der Waals surface area contributed by atoms with Crippen molar-refractivity contribution < 1.29 is 4.79 Å². The molecule has 0 saturated carbocycles. The Bertz CT molecular complexity index is 995. The standard InChI is InChI=1S/C24H28N4O/c1-16-15-26-28(21-14-8-12-18-9-6-7-13-20(18)21)23(16)27-24(29)17(2)22(25)19-10-4-3-5-11-19/h3-7,9-11,13,15,17,21-22H,8,12,14,25H2,1-2H3,(H,27,29). The van der Waals surface area contributed by atoms with Gasteiger partial charge in [0.2, 0.25) is 5.91 Å². The summed E-state index contributed by atoms with van der Waals surface area (Å²) in [6.07, 6.45) is 5.05. The summed E-state index contributed by atoms with van der Waals surface area (Å²) in [6.45, 7) is 3.86. The van der Waals surface area contributed by atoms with Gasteiger partial charge in [-0.05, 0) is 42.9 Å². The predicted molar refractivity (Wildman–Crippen MR) is 116 cm³/mol. The summed E-state index contributed by atoms with van der Waals surface area (Å²) in [5.41, 5.74) is 11.0. The topological polar surface area (TPSA) is 72.9 Å². The van der Waals surface area contributed by atoms with Crippen molar-refractivity contribution in [3.63, 3.8) is 0 Å². The summed E-state index contributed by atoms with van der Waals surface area (Å²) in [5, 5.41) is 7.74. The molecule has 5 heteroatoms. The zero-order chi connectivity index (χ0) is 20.4. The van der Waals surface area contributed by atoms with Crippen LogP contribution in [0.1, 0.15) is 54.1 Å². The zero-order valence-electron chi connectivity index (χ0n) is 17.0. The van der Waals surface area contributed by atoms with Crippen molar-refractivity contribution in [3.05, 3.63) is 83.0 Å². The van der Waals surface area contributed by atoms with Crippen molar-refractivity contribution >= 4 is 11.7 Å². The number of carbonyl (C=O) groups excluding carboxylic acids is 1. The van der Waals surface area contributed by atoms with Gasteiger partial charge in [-0.2, -0.15) is 5.10 Å². The molecule has 3 unspecified atom stereocenters. The fourth-order valence-corrected chi connectivity index (χ4v) is 4.18. The first-order valence-electron chi connectivity index (χ1n) is 10.3. The fourth-order valence-electron chi connectivity index (χ4n) is 4.18. The van der Waals surface area contributed by atoms with Crippen LogP contribution < -0.4 is 11.1 Å². The minimum atomic E-state index is -0.362. The average Bonchev–Trinajstić information content (AvgIpc) is 3.12. The molecule has 150 valence electrons. The van der Waals surface area contributed by atoms with E-state index in [4.69, 9.17) is 5.73 Å². The van der Waals surface area contributed by atoms with Gasteiger partial charge < -0.3 is 11.1 Å². The summed E-state index contributed by atoms with van der Waals surface area (Å²) in [7, 11) is 0. The number of rotatable bonds is 5. The highest BCUT2D eigenvalue weighted by Gasteiger charge is 2.27. The normalized spacial score (nSPS) is 18.0. The highest BCUT2D eigenvalue weighted by atomic mass is 16.2. The van der Waals surface area contributed by atoms with E-state index in [2.05, 4.69) is 34.7 Å². The summed E-state index contributed by atoms with van der Waals surface area (Å²) < 4.78 is 1.98. The number of nitrogens with two attached hydrogens (primary N) is 1. The van der Waals surface area contributed by atoms with Crippen LogP contribution in [-0.4, -0.2) is 15.7 Å². The Balaban J connectivity index is 1.58. The largest absolute Gasteiger partial charge is 0.323 e. The number of hydrogen-bond donors (Lipinski definition) is 2. The maximum absolute atomic E-state index is 13.0. The Labute approximate surface area is 171 Å². The van der Waals surface area contributed by atoms with Crippen LogP contribution in [0.25, 0.3) is 0 Å². The van der Waals surface area contributed by atoms with Crippen LogP contribution in [0.15, 0.2) is 60.8 Å². The average molecular weight is 389 g/mol. The third-order valence-electron chi connectivity index (χ3n) is 5.99. The molecule has 1 aliphatic rings. The SMILES string of the molecule is Cc1cnn(C2CCCc3ccccc32)c1NC(=O)C(C)C(N)c1ccccc1. The summed E-state index contributed by atoms with van der Waals surface area (Å²) in [4.78, 5) is 13.0. The van der Waals surface area contributed by atoms with Crippen molar-refractivity contribution in [2.45, 2.75) is 45.2 Å². The second kappa shape index (κ2) is 8.21. The number of carbonyl (C=O) groups is 1. The lowest BCUT2D eigenvalue weighted by Crippen LogP contribution is -2.32. The zero-order valence-corrected chi connectivity index (χ0v) is 17.0. The molecule has 1 aromatic heterocycles. The van der Waals surface area contributed by atoms with E-state index in [1.54, 1.807) is 0 Å². The van der Waals surface area contributed by atoms with E-state index in [9.17, 15) is 4.79 Å². The number of nitrogens with zero attached hydrogens (tertiary/aromatic N) is 2. The van der Waals surface area contributed by atoms with E-state index in [-0.39, 0.29) is 23.9 Å². The number of nitrogens with one attached hydrogen (secondary N) is 1. The van der Waals surface area contributed by atoms with Crippen molar-refractivity contribution in [2.24, 2.45) is 11.7 Å². The molecule has 0 bridgehead atoms. The second-order valence-electron chi connectivity index (χ2n) is 7.94. The number of benzene rings is 2. The minimum Gasteiger partial charge on any atom is -0.323 e. The molecule has 3 atom stereocenters. The molecule has 2 aromatic carbocycles. The molecule has 1 heterocycles. The lowest BCUT2D eigenvalue weighted by molar-refractivity contribution is -0.120. The van der Waals surface area contributed by atoms with Gasteiger partial charge in [0, 0.05) is 11.6 Å². The van der Waals surface area contributed by atoms with E-state index in [1.165, 1.54) is 11.1 Å². The molecule has 0 spiro atoms. The Morgan fingerprint density at radius 3 is 2.69 bits per heavy atom. The molecule has 3 N–H and O–H groups in total. The molecule has 0 fully saturated rings. The molecule has 5 nitrogen and oxygen atoms in total. The van der Waals surface area contributed by atoms with Crippen LogP contribution in [-0.2, 0) is 11.2 Å². The van der Waals surface area contributed by atoms with Crippen LogP contribution in [0.2, 0.25) is 0 Å². The van der Waals surface area contributed by atoms with Crippen molar-refractivity contribution in [1.82, 2.24) is 9.78 Å². The lowest BCUT2D eigenvalue weighted by atomic mass is 9.88. The summed E-state index contributed by atoms with van der Waals surface area (Å²) in [6, 6.07) is 18.1. The minimum absolute atomic E-state index is 0.0877. The van der Waals surface area contributed by atoms with Crippen molar-refractivity contribution in [3.8, 4) is 0 Å². The summed E-state index contributed by atoms with van der Waals surface area (Å²) >= 11 is 0. The highest BCUT2D eigenvalue weighted by molar-refractivity contribution is 5.92. The van der Waals surface area contributed by atoms with E-state index in [0.29, 0.717) is 0 Å². The van der Waals surface area contributed by atoms with Gasteiger partial charge in [0.15, 0.2) is 0 Å². The van der Waals surface area contributed by atoms with Gasteiger partial charge in [0.25, 0.3) is 0 Å². The number of hydrogen-bond acceptors (Lipinski definition) is 3. The Hall–Kier alpha value is -2.92. The van der Waals surface area contributed by atoms with Crippen LogP contribution >= 0.6 is 0 Å². The number of amides is 1. The molecule has 1 aliphatic carbocycles. The second-order valence-corrected chi connectivity index (χ2v) is 7.94. The van der Waals surface area contributed by atoms with Gasteiger partial charge in [-0.1, -0.05) is 61.5 Å². The van der Waals surface area contributed by atoms with Gasteiger partial charge in [-0.15, -0.1) is 0 Å². The third-order valence-corrected chi connectivity index (χ3v) is 5.99.